The van der Waals surface area contributed by atoms with E-state index in [0.29, 0.717) is 23.2 Å². The van der Waals surface area contributed by atoms with E-state index in [1.807, 2.05) is 48.5 Å². The zero-order chi connectivity index (χ0) is 20.8. The number of aromatic nitrogens is 4. The zero-order valence-electron chi connectivity index (χ0n) is 16.3. The molecule has 0 unspecified atom stereocenters. The molecule has 1 saturated carbocycles. The SMILES string of the molecule is O=C(Nc1ccc(-c2n[nH]c(C3CC3)n2)cc1)c1ccc(-c2nc3ccccc3s2)o1. The number of para-hydroxylation sites is 1. The number of hydrogen-bond donors (Lipinski definition) is 2. The number of thiazole rings is 1. The molecule has 1 amide bonds. The summed E-state index contributed by atoms with van der Waals surface area (Å²) in [7, 11) is 0. The number of anilines is 1. The van der Waals surface area contributed by atoms with Crippen molar-refractivity contribution in [1.29, 1.82) is 0 Å². The molecule has 0 radical (unpaired) electrons. The Bertz CT molecular complexity index is 1360. The average molecular weight is 427 g/mol. The van der Waals surface area contributed by atoms with E-state index in [-0.39, 0.29) is 11.7 Å². The van der Waals surface area contributed by atoms with Crippen LogP contribution < -0.4 is 5.32 Å². The van der Waals surface area contributed by atoms with Gasteiger partial charge < -0.3 is 9.73 Å². The molecular formula is C23H17N5O2S. The van der Waals surface area contributed by atoms with Crippen molar-refractivity contribution < 1.29 is 9.21 Å². The smallest absolute Gasteiger partial charge is 0.291 e. The van der Waals surface area contributed by atoms with Gasteiger partial charge in [0.15, 0.2) is 22.4 Å². The maximum absolute atomic E-state index is 12.6. The molecule has 31 heavy (non-hydrogen) atoms. The summed E-state index contributed by atoms with van der Waals surface area (Å²) in [4.78, 5) is 21.7. The predicted molar refractivity (Wildman–Crippen MR) is 119 cm³/mol. The van der Waals surface area contributed by atoms with Gasteiger partial charge in [-0.25, -0.2) is 9.97 Å². The standard InChI is InChI=1S/C23H17N5O2S/c29-22(17-11-12-18(30-17)23-25-16-3-1-2-4-19(16)31-23)24-15-9-7-14(8-10-15)21-26-20(27-28-21)13-5-6-13/h1-4,7-13H,5-6H2,(H,24,29)(H,26,27,28). The van der Waals surface area contributed by atoms with Crippen LogP contribution in [0.25, 0.3) is 32.4 Å². The third kappa shape index (κ3) is 3.51. The van der Waals surface area contributed by atoms with Crippen LogP contribution in [0.3, 0.4) is 0 Å². The van der Waals surface area contributed by atoms with E-state index in [9.17, 15) is 4.79 Å². The quantitative estimate of drug-likeness (QED) is 0.388. The van der Waals surface area contributed by atoms with Crippen LogP contribution in [-0.4, -0.2) is 26.1 Å². The van der Waals surface area contributed by atoms with Crippen molar-refractivity contribution in [2.75, 3.05) is 5.32 Å². The number of furan rings is 1. The first-order valence-corrected chi connectivity index (χ1v) is 10.8. The lowest BCUT2D eigenvalue weighted by Gasteiger charge is -2.04. The highest BCUT2D eigenvalue weighted by Gasteiger charge is 2.27. The largest absolute Gasteiger partial charge is 0.448 e. The van der Waals surface area contributed by atoms with Gasteiger partial charge in [-0.2, -0.15) is 5.10 Å². The highest BCUT2D eigenvalue weighted by atomic mass is 32.1. The summed E-state index contributed by atoms with van der Waals surface area (Å²) >= 11 is 1.54. The second-order valence-corrected chi connectivity index (χ2v) is 8.53. The molecule has 1 aliphatic carbocycles. The van der Waals surface area contributed by atoms with Gasteiger partial charge in [0.05, 0.1) is 10.2 Å². The molecule has 0 spiro atoms. The van der Waals surface area contributed by atoms with Crippen LogP contribution in [0.2, 0.25) is 0 Å². The third-order valence-corrected chi connectivity index (χ3v) is 6.25. The van der Waals surface area contributed by atoms with Gasteiger partial charge >= 0.3 is 0 Å². The number of aromatic amines is 1. The number of amides is 1. The fraction of sp³-hybridized carbons (Fsp3) is 0.130. The minimum absolute atomic E-state index is 0.237. The number of fused-ring (bicyclic) bond motifs is 1. The van der Waals surface area contributed by atoms with E-state index < -0.39 is 0 Å². The molecule has 152 valence electrons. The van der Waals surface area contributed by atoms with E-state index in [2.05, 4.69) is 25.5 Å². The monoisotopic (exact) mass is 427 g/mol. The Kier molecular flexibility index (Phi) is 4.17. The molecule has 0 atom stereocenters. The first-order valence-electron chi connectivity index (χ1n) is 10.0. The topological polar surface area (TPSA) is 96.7 Å². The number of rotatable bonds is 5. The lowest BCUT2D eigenvalue weighted by atomic mass is 10.2. The molecule has 8 heteroatoms. The number of hydrogen-bond acceptors (Lipinski definition) is 6. The van der Waals surface area contributed by atoms with E-state index >= 15 is 0 Å². The summed E-state index contributed by atoms with van der Waals surface area (Å²) in [6, 6.07) is 18.8. The maximum Gasteiger partial charge on any atom is 0.291 e. The van der Waals surface area contributed by atoms with E-state index in [0.717, 1.165) is 26.6 Å². The van der Waals surface area contributed by atoms with Gasteiger partial charge in [-0.3, -0.25) is 9.89 Å². The number of carbonyl (C=O) groups is 1. The van der Waals surface area contributed by atoms with Crippen LogP contribution in [-0.2, 0) is 0 Å². The van der Waals surface area contributed by atoms with Gasteiger partial charge in [0, 0.05) is 17.2 Å². The summed E-state index contributed by atoms with van der Waals surface area (Å²) in [6.45, 7) is 0. The molecule has 0 saturated heterocycles. The fourth-order valence-corrected chi connectivity index (χ4v) is 4.32. The minimum Gasteiger partial charge on any atom is -0.448 e. The Balaban J connectivity index is 1.16. The number of nitrogens with one attached hydrogen (secondary N) is 2. The average Bonchev–Trinajstić information content (AvgIpc) is 3.21. The van der Waals surface area contributed by atoms with Crippen molar-refractivity contribution in [2.45, 2.75) is 18.8 Å². The summed E-state index contributed by atoms with van der Waals surface area (Å²) in [5.74, 6) is 2.66. The molecule has 2 N–H and O–H groups in total. The minimum atomic E-state index is -0.311. The summed E-state index contributed by atoms with van der Waals surface area (Å²) in [5.41, 5.74) is 2.49. The highest BCUT2D eigenvalue weighted by molar-refractivity contribution is 7.21. The second kappa shape index (κ2) is 7.17. The first-order chi connectivity index (χ1) is 15.2. The van der Waals surface area contributed by atoms with Crippen molar-refractivity contribution in [2.24, 2.45) is 0 Å². The highest BCUT2D eigenvalue weighted by Crippen LogP contribution is 2.38. The van der Waals surface area contributed by atoms with Crippen LogP contribution in [0, 0.1) is 0 Å². The number of nitrogens with zero attached hydrogens (tertiary/aromatic N) is 3. The molecule has 0 bridgehead atoms. The van der Waals surface area contributed by atoms with Crippen LogP contribution >= 0.6 is 11.3 Å². The molecule has 1 aliphatic rings. The number of carbonyl (C=O) groups excluding carboxylic acids is 1. The first kappa shape index (κ1) is 18.0. The van der Waals surface area contributed by atoms with Gasteiger partial charge in [0.2, 0.25) is 0 Å². The van der Waals surface area contributed by atoms with Gasteiger partial charge in [-0.1, -0.05) is 12.1 Å². The Morgan fingerprint density at radius 2 is 1.87 bits per heavy atom. The van der Waals surface area contributed by atoms with Gasteiger partial charge in [0.1, 0.15) is 5.82 Å². The maximum atomic E-state index is 12.6. The zero-order valence-corrected chi connectivity index (χ0v) is 17.1. The normalized spacial score (nSPS) is 13.5. The number of benzene rings is 2. The Morgan fingerprint density at radius 1 is 1.03 bits per heavy atom. The molecule has 5 aromatic rings. The summed E-state index contributed by atoms with van der Waals surface area (Å²) in [6.07, 6.45) is 2.35. The van der Waals surface area contributed by atoms with Crippen LogP contribution in [0.15, 0.2) is 65.1 Å². The molecule has 0 aliphatic heterocycles. The van der Waals surface area contributed by atoms with Gasteiger partial charge in [-0.05, 0) is 61.4 Å². The van der Waals surface area contributed by atoms with Crippen molar-refractivity contribution in [3.63, 3.8) is 0 Å². The molecule has 3 aromatic heterocycles. The molecule has 3 heterocycles. The van der Waals surface area contributed by atoms with E-state index in [1.54, 1.807) is 12.1 Å². The summed E-state index contributed by atoms with van der Waals surface area (Å²) in [5, 5.41) is 10.9. The number of H-pyrrole nitrogens is 1. The van der Waals surface area contributed by atoms with Gasteiger partial charge in [-0.15, -0.1) is 11.3 Å². The molecule has 2 aromatic carbocycles. The second-order valence-electron chi connectivity index (χ2n) is 7.50. The van der Waals surface area contributed by atoms with Crippen LogP contribution in [0.5, 0.6) is 0 Å². The van der Waals surface area contributed by atoms with Crippen molar-refractivity contribution in [1.82, 2.24) is 20.2 Å². The lowest BCUT2D eigenvalue weighted by Crippen LogP contribution is -2.10. The summed E-state index contributed by atoms with van der Waals surface area (Å²) < 4.78 is 6.85. The van der Waals surface area contributed by atoms with Crippen molar-refractivity contribution >= 4 is 33.1 Å². The van der Waals surface area contributed by atoms with Crippen molar-refractivity contribution in [3.8, 4) is 22.2 Å². The van der Waals surface area contributed by atoms with Crippen molar-refractivity contribution in [3.05, 3.63) is 72.2 Å². The lowest BCUT2D eigenvalue weighted by molar-refractivity contribution is 0.0997. The van der Waals surface area contributed by atoms with Crippen LogP contribution in [0.4, 0.5) is 5.69 Å². The Morgan fingerprint density at radius 3 is 2.68 bits per heavy atom. The van der Waals surface area contributed by atoms with Gasteiger partial charge in [0.25, 0.3) is 5.91 Å². The Hall–Kier alpha value is -3.78. The fourth-order valence-electron chi connectivity index (χ4n) is 3.39. The Labute approximate surface area is 181 Å². The molecule has 7 nitrogen and oxygen atoms in total. The van der Waals surface area contributed by atoms with E-state index in [4.69, 9.17) is 4.42 Å². The van der Waals surface area contributed by atoms with E-state index in [1.165, 1.54) is 24.2 Å². The third-order valence-electron chi connectivity index (χ3n) is 5.20. The molecular weight excluding hydrogens is 410 g/mol. The predicted octanol–water partition coefficient (Wildman–Crippen LogP) is 5.47. The molecule has 1 fully saturated rings. The molecule has 6 rings (SSSR count). The van der Waals surface area contributed by atoms with Crippen LogP contribution in [0.1, 0.15) is 35.1 Å².